The van der Waals surface area contributed by atoms with Crippen LogP contribution in [-0.4, -0.2) is 49.3 Å². The Morgan fingerprint density at radius 1 is 1.25 bits per heavy atom. The van der Waals surface area contributed by atoms with E-state index in [9.17, 15) is 0 Å². The molecule has 0 amide bonds. The van der Waals surface area contributed by atoms with Crippen molar-refractivity contribution in [3.63, 3.8) is 0 Å². The molecule has 0 radical (unpaired) electrons. The Morgan fingerprint density at radius 2 is 1.95 bits per heavy atom. The molecule has 0 aromatic rings. The maximum Gasteiger partial charge on any atom is 0.0593 e. The number of unbranched alkanes of at least 4 members (excludes halogenated alkanes) is 1. The van der Waals surface area contributed by atoms with Crippen LogP contribution in [0.2, 0.25) is 0 Å². The predicted molar refractivity (Wildman–Crippen MR) is 87.2 cm³/mol. The van der Waals surface area contributed by atoms with E-state index in [0.29, 0.717) is 11.5 Å². The van der Waals surface area contributed by atoms with Gasteiger partial charge in [-0.15, -0.1) is 0 Å². The van der Waals surface area contributed by atoms with E-state index >= 15 is 0 Å². The van der Waals surface area contributed by atoms with Crippen molar-refractivity contribution < 1.29 is 4.74 Å². The second-order valence-electron chi connectivity index (χ2n) is 7.61. The van der Waals surface area contributed by atoms with Gasteiger partial charge in [-0.3, -0.25) is 4.90 Å². The summed E-state index contributed by atoms with van der Waals surface area (Å²) in [5.41, 5.74) is 0.566. The predicted octanol–water partition coefficient (Wildman–Crippen LogP) is 3.29. The molecule has 120 valence electrons. The molecule has 1 fully saturated rings. The average molecular weight is 284 g/mol. The van der Waals surface area contributed by atoms with Gasteiger partial charge in [0.2, 0.25) is 0 Å². The summed E-state index contributed by atoms with van der Waals surface area (Å²) in [6.45, 7) is 18.9. The van der Waals surface area contributed by atoms with Gasteiger partial charge in [0.05, 0.1) is 6.61 Å². The molecule has 3 nitrogen and oxygen atoms in total. The van der Waals surface area contributed by atoms with E-state index in [1.54, 1.807) is 0 Å². The number of nitrogens with zero attached hydrogens (tertiary/aromatic N) is 1. The minimum atomic E-state index is 0.255. The highest BCUT2D eigenvalue weighted by Crippen LogP contribution is 2.29. The van der Waals surface area contributed by atoms with Crippen LogP contribution in [-0.2, 0) is 4.74 Å². The Balaban J connectivity index is 2.54. The summed E-state index contributed by atoms with van der Waals surface area (Å²) in [6.07, 6.45) is 3.57. The Kier molecular flexibility index (Phi) is 6.96. The smallest absolute Gasteiger partial charge is 0.0593 e. The zero-order valence-corrected chi connectivity index (χ0v) is 14.6. The van der Waals surface area contributed by atoms with Crippen LogP contribution in [0, 0.1) is 5.41 Å². The molecule has 20 heavy (non-hydrogen) atoms. The summed E-state index contributed by atoms with van der Waals surface area (Å²) in [5.74, 6) is 0. The molecule has 1 aliphatic heterocycles. The number of ether oxygens (including phenoxy) is 1. The van der Waals surface area contributed by atoms with Crippen molar-refractivity contribution in [2.45, 2.75) is 72.4 Å². The van der Waals surface area contributed by atoms with E-state index in [-0.39, 0.29) is 5.54 Å². The maximum atomic E-state index is 5.78. The third kappa shape index (κ3) is 5.34. The lowest BCUT2D eigenvalue weighted by Crippen LogP contribution is -2.65. The lowest BCUT2D eigenvalue weighted by Gasteiger charge is -2.50. The fraction of sp³-hybridized carbons (Fsp3) is 1.00. The van der Waals surface area contributed by atoms with Gasteiger partial charge in [-0.2, -0.15) is 0 Å². The van der Waals surface area contributed by atoms with Crippen molar-refractivity contribution in [2.75, 3.05) is 32.8 Å². The molecule has 1 rings (SSSR count). The van der Waals surface area contributed by atoms with E-state index in [1.807, 2.05) is 0 Å². The van der Waals surface area contributed by atoms with Crippen LogP contribution < -0.4 is 5.32 Å². The molecule has 1 aliphatic rings. The van der Waals surface area contributed by atoms with Gasteiger partial charge in [-0.25, -0.2) is 0 Å². The number of rotatable bonds is 7. The first-order valence-electron chi connectivity index (χ1n) is 8.39. The second kappa shape index (κ2) is 7.77. The Morgan fingerprint density at radius 3 is 2.50 bits per heavy atom. The first kappa shape index (κ1) is 17.9. The van der Waals surface area contributed by atoms with E-state index in [4.69, 9.17) is 4.74 Å². The Labute approximate surface area is 126 Å². The molecule has 1 N–H and O–H groups in total. The van der Waals surface area contributed by atoms with Gasteiger partial charge in [-0.05, 0) is 25.2 Å². The average Bonchev–Trinajstić information content (AvgIpc) is 2.37. The van der Waals surface area contributed by atoms with Crippen molar-refractivity contribution in [3.05, 3.63) is 0 Å². The van der Waals surface area contributed by atoms with E-state index in [2.05, 4.69) is 51.8 Å². The van der Waals surface area contributed by atoms with Crippen molar-refractivity contribution in [1.29, 1.82) is 0 Å². The Hall–Kier alpha value is -0.120. The van der Waals surface area contributed by atoms with E-state index < -0.39 is 0 Å². The van der Waals surface area contributed by atoms with Crippen LogP contribution in [0.1, 0.15) is 60.8 Å². The molecule has 0 aromatic carbocycles. The summed E-state index contributed by atoms with van der Waals surface area (Å²) < 4.78 is 5.78. The zero-order chi connectivity index (χ0) is 15.2. The summed E-state index contributed by atoms with van der Waals surface area (Å²) in [6, 6.07) is 0.594. The highest BCUT2D eigenvalue weighted by atomic mass is 16.5. The van der Waals surface area contributed by atoms with Gasteiger partial charge in [0.1, 0.15) is 0 Å². The highest BCUT2D eigenvalue weighted by Gasteiger charge is 2.39. The molecule has 2 atom stereocenters. The number of hydrogen-bond donors (Lipinski definition) is 1. The van der Waals surface area contributed by atoms with E-state index in [0.717, 1.165) is 32.8 Å². The van der Waals surface area contributed by atoms with Crippen LogP contribution in [0.25, 0.3) is 0 Å². The third-order valence-corrected chi connectivity index (χ3v) is 4.66. The van der Waals surface area contributed by atoms with Gasteiger partial charge in [0.25, 0.3) is 0 Å². The van der Waals surface area contributed by atoms with Gasteiger partial charge < -0.3 is 10.1 Å². The molecule has 1 saturated heterocycles. The van der Waals surface area contributed by atoms with E-state index in [1.165, 1.54) is 19.3 Å². The van der Waals surface area contributed by atoms with Crippen molar-refractivity contribution in [3.8, 4) is 0 Å². The molecule has 2 unspecified atom stereocenters. The quantitative estimate of drug-likeness (QED) is 0.726. The first-order chi connectivity index (χ1) is 9.32. The number of hydrogen-bond acceptors (Lipinski definition) is 3. The van der Waals surface area contributed by atoms with Crippen molar-refractivity contribution >= 4 is 0 Å². The molecular weight excluding hydrogens is 248 g/mol. The third-order valence-electron chi connectivity index (χ3n) is 4.66. The standard InChI is InChI=1S/C17H36N2O/c1-7-9-11-20-12-10-19-14-17(6,8-2)18-13-15(19)16(3,4)5/h15,18H,7-14H2,1-6H3. The lowest BCUT2D eigenvalue weighted by molar-refractivity contribution is 0.00345. The summed E-state index contributed by atoms with van der Waals surface area (Å²) in [5, 5.41) is 3.76. The van der Waals surface area contributed by atoms with Crippen LogP contribution >= 0.6 is 0 Å². The lowest BCUT2D eigenvalue weighted by atomic mass is 9.81. The molecule has 1 heterocycles. The SMILES string of the molecule is CCCCOCCN1CC(C)(CC)NCC1C(C)(C)C. The van der Waals surface area contributed by atoms with Gasteiger partial charge in [-0.1, -0.05) is 41.0 Å². The molecule has 0 aliphatic carbocycles. The molecule has 3 heteroatoms. The van der Waals surface area contributed by atoms with Gasteiger partial charge in [0, 0.05) is 37.8 Å². The fourth-order valence-corrected chi connectivity index (χ4v) is 2.94. The van der Waals surface area contributed by atoms with Gasteiger partial charge in [0.15, 0.2) is 0 Å². The van der Waals surface area contributed by atoms with Crippen molar-refractivity contribution in [1.82, 2.24) is 10.2 Å². The van der Waals surface area contributed by atoms with Crippen molar-refractivity contribution in [2.24, 2.45) is 5.41 Å². The summed E-state index contributed by atoms with van der Waals surface area (Å²) in [7, 11) is 0. The molecule has 0 aromatic heterocycles. The largest absolute Gasteiger partial charge is 0.380 e. The van der Waals surface area contributed by atoms with Gasteiger partial charge >= 0.3 is 0 Å². The van der Waals surface area contributed by atoms with Crippen LogP contribution in [0.15, 0.2) is 0 Å². The highest BCUT2D eigenvalue weighted by molar-refractivity contribution is 4.98. The first-order valence-corrected chi connectivity index (χ1v) is 8.39. The topological polar surface area (TPSA) is 24.5 Å². The molecular formula is C17H36N2O. The van der Waals surface area contributed by atoms with Crippen LogP contribution in [0.5, 0.6) is 0 Å². The number of nitrogens with one attached hydrogen (secondary N) is 1. The molecule has 0 spiro atoms. The summed E-state index contributed by atoms with van der Waals surface area (Å²) in [4.78, 5) is 2.64. The monoisotopic (exact) mass is 284 g/mol. The minimum Gasteiger partial charge on any atom is -0.380 e. The van der Waals surface area contributed by atoms with Crippen LogP contribution in [0.3, 0.4) is 0 Å². The zero-order valence-electron chi connectivity index (χ0n) is 14.6. The van der Waals surface area contributed by atoms with Crippen LogP contribution in [0.4, 0.5) is 0 Å². The normalized spacial score (nSPS) is 28.8. The summed E-state index contributed by atoms with van der Waals surface area (Å²) >= 11 is 0. The minimum absolute atomic E-state index is 0.255. The Bertz CT molecular complexity index is 275. The number of piperazine rings is 1. The molecule has 0 saturated carbocycles. The maximum absolute atomic E-state index is 5.78. The fourth-order valence-electron chi connectivity index (χ4n) is 2.94. The molecule has 0 bridgehead atoms. The second-order valence-corrected chi connectivity index (χ2v) is 7.61.